The molecule has 0 bridgehead atoms. The molecule has 1 amide bonds. The molecule has 0 atom stereocenters. The number of anilines is 2. The van der Waals surface area contributed by atoms with Crippen molar-refractivity contribution >= 4 is 27.9 Å². The number of carbonyl (C=O) groups is 1. The summed E-state index contributed by atoms with van der Waals surface area (Å²) in [5, 5.41) is 4.04. The van der Waals surface area contributed by atoms with Crippen LogP contribution >= 0.6 is 11.3 Å². The molecule has 168 valence electrons. The maximum Gasteiger partial charge on any atom is 0.256 e. The van der Waals surface area contributed by atoms with Crippen LogP contribution in [0.4, 0.5) is 15.1 Å². The predicted molar refractivity (Wildman–Crippen MR) is 129 cm³/mol. The molecule has 0 unspecified atom stereocenters. The number of halogens is 1. The highest BCUT2D eigenvalue weighted by Crippen LogP contribution is 2.34. The topological polar surface area (TPSA) is 44.8 Å². The summed E-state index contributed by atoms with van der Waals surface area (Å²) in [4.78, 5) is 18.7. The standard InChI is InChI=1S/C25H28FN3O2S/c1-17-18(2)32-25(27-24(30)19-4-10-22(31-3)11-5-19)23(17)16-28-12-14-29(15-13-28)21-8-6-20(26)7-9-21/h4-11H,12-16H2,1-3H3,(H,27,30). The first kappa shape index (κ1) is 22.3. The van der Waals surface area contributed by atoms with E-state index in [1.54, 1.807) is 42.7 Å². The number of thiophene rings is 1. The molecule has 32 heavy (non-hydrogen) atoms. The van der Waals surface area contributed by atoms with E-state index in [0.29, 0.717) is 5.56 Å². The summed E-state index contributed by atoms with van der Waals surface area (Å²) in [6.45, 7) is 8.63. The average molecular weight is 454 g/mol. The van der Waals surface area contributed by atoms with Crippen LogP contribution in [0.3, 0.4) is 0 Å². The number of hydrogen-bond acceptors (Lipinski definition) is 5. The van der Waals surface area contributed by atoms with Crippen LogP contribution in [0.25, 0.3) is 0 Å². The van der Waals surface area contributed by atoms with Gasteiger partial charge in [-0.25, -0.2) is 4.39 Å². The molecule has 7 heteroatoms. The van der Waals surface area contributed by atoms with E-state index in [1.807, 2.05) is 12.1 Å². The SMILES string of the molecule is COc1ccc(C(=O)Nc2sc(C)c(C)c2CN2CCN(c3ccc(F)cc3)CC2)cc1. The van der Waals surface area contributed by atoms with E-state index in [4.69, 9.17) is 4.74 Å². The lowest BCUT2D eigenvalue weighted by Crippen LogP contribution is -2.46. The lowest BCUT2D eigenvalue weighted by Gasteiger charge is -2.36. The fourth-order valence-corrected chi connectivity index (χ4v) is 4.99. The summed E-state index contributed by atoms with van der Waals surface area (Å²) in [5.74, 6) is 0.404. The zero-order valence-corrected chi connectivity index (χ0v) is 19.5. The summed E-state index contributed by atoms with van der Waals surface area (Å²) >= 11 is 1.63. The van der Waals surface area contributed by atoms with Crippen molar-refractivity contribution < 1.29 is 13.9 Å². The summed E-state index contributed by atoms with van der Waals surface area (Å²) in [5.41, 5.74) is 4.08. The molecule has 1 aromatic heterocycles. The van der Waals surface area contributed by atoms with Gasteiger partial charge in [0.15, 0.2) is 0 Å². The average Bonchev–Trinajstić information content (AvgIpc) is 3.07. The summed E-state index contributed by atoms with van der Waals surface area (Å²) in [6.07, 6.45) is 0. The lowest BCUT2D eigenvalue weighted by molar-refractivity contribution is 0.102. The van der Waals surface area contributed by atoms with Crippen LogP contribution < -0.4 is 15.0 Å². The molecule has 1 fully saturated rings. The molecule has 1 N–H and O–H groups in total. The minimum atomic E-state index is -0.208. The zero-order chi connectivity index (χ0) is 22.7. The number of benzene rings is 2. The van der Waals surface area contributed by atoms with Crippen LogP contribution in [0, 0.1) is 19.7 Å². The smallest absolute Gasteiger partial charge is 0.256 e. The first-order valence-corrected chi connectivity index (χ1v) is 11.5. The lowest BCUT2D eigenvalue weighted by atomic mass is 10.1. The van der Waals surface area contributed by atoms with Crippen LogP contribution in [0.5, 0.6) is 5.75 Å². The number of aryl methyl sites for hydroxylation is 1. The Morgan fingerprint density at radius 1 is 1.03 bits per heavy atom. The van der Waals surface area contributed by atoms with E-state index < -0.39 is 0 Å². The fourth-order valence-electron chi connectivity index (χ4n) is 3.92. The number of carbonyl (C=O) groups excluding carboxylic acids is 1. The second kappa shape index (κ2) is 9.71. The van der Waals surface area contributed by atoms with Gasteiger partial charge < -0.3 is 15.0 Å². The predicted octanol–water partition coefficient (Wildman–Crippen LogP) is 5.09. The molecule has 1 saturated heterocycles. The quantitative estimate of drug-likeness (QED) is 0.565. The molecule has 0 aliphatic carbocycles. The maximum atomic E-state index is 13.2. The van der Waals surface area contributed by atoms with Gasteiger partial charge in [0.05, 0.1) is 7.11 Å². The van der Waals surface area contributed by atoms with Crippen molar-refractivity contribution in [2.24, 2.45) is 0 Å². The third kappa shape index (κ3) is 4.95. The van der Waals surface area contributed by atoms with E-state index in [2.05, 4.69) is 29.0 Å². The minimum Gasteiger partial charge on any atom is -0.497 e. The molecule has 0 saturated carbocycles. The number of piperazine rings is 1. The van der Waals surface area contributed by atoms with E-state index in [9.17, 15) is 9.18 Å². The molecule has 0 spiro atoms. The molecule has 1 aliphatic rings. The van der Waals surface area contributed by atoms with Gasteiger partial charge in [-0.1, -0.05) is 0 Å². The maximum absolute atomic E-state index is 13.2. The van der Waals surface area contributed by atoms with Crippen LogP contribution in [0.15, 0.2) is 48.5 Å². The highest BCUT2D eigenvalue weighted by Gasteiger charge is 2.22. The first-order valence-electron chi connectivity index (χ1n) is 10.7. The molecule has 2 heterocycles. The second-order valence-corrected chi connectivity index (χ2v) is 9.24. The molecule has 1 aliphatic heterocycles. The van der Waals surface area contributed by atoms with Gasteiger partial charge in [0.1, 0.15) is 16.6 Å². The van der Waals surface area contributed by atoms with Crippen LogP contribution in [-0.4, -0.2) is 44.1 Å². The normalized spacial score (nSPS) is 14.4. The Hall–Kier alpha value is -2.90. The minimum absolute atomic E-state index is 0.115. The van der Waals surface area contributed by atoms with Gasteiger partial charge in [-0.15, -0.1) is 11.3 Å². The summed E-state index contributed by atoms with van der Waals surface area (Å²) < 4.78 is 18.4. The number of hydrogen-bond donors (Lipinski definition) is 1. The Kier molecular flexibility index (Phi) is 6.77. The Labute approximate surface area is 192 Å². The highest BCUT2D eigenvalue weighted by atomic mass is 32.1. The number of nitrogens with zero attached hydrogens (tertiary/aromatic N) is 2. The van der Waals surface area contributed by atoms with Gasteiger partial charge >= 0.3 is 0 Å². The monoisotopic (exact) mass is 453 g/mol. The summed E-state index contributed by atoms with van der Waals surface area (Å²) in [6, 6.07) is 13.8. The largest absolute Gasteiger partial charge is 0.497 e. The molecule has 3 aromatic rings. The van der Waals surface area contributed by atoms with E-state index in [1.165, 1.54) is 28.1 Å². The Morgan fingerprint density at radius 2 is 1.69 bits per heavy atom. The van der Waals surface area contributed by atoms with Gasteiger partial charge in [0.2, 0.25) is 0 Å². The Bertz CT molecular complexity index is 1070. The van der Waals surface area contributed by atoms with Gasteiger partial charge in [-0.05, 0) is 67.9 Å². The molecular weight excluding hydrogens is 425 g/mol. The zero-order valence-electron chi connectivity index (χ0n) is 18.7. The number of nitrogens with one attached hydrogen (secondary N) is 1. The van der Waals surface area contributed by atoms with Crippen molar-refractivity contribution in [1.82, 2.24) is 4.90 Å². The second-order valence-electron chi connectivity index (χ2n) is 8.01. The van der Waals surface area contributed by atoms with Crippen molar-refractivity contribution in [3.05, 3.63) is 75.9 Å². The number of rotatable bonds is 6. The van der Waals surface area contributed by atoms with Crippen molar-refractivity contribution in [2.45, 2.75) is 20.4 Å². The Morgan fingerprint density at radius 3 is 2.31 bits per heavy atom. The molecule has 2 aromatic carbocycles. The van der Waals surface area contributed by atoms with Gasteiger partial charge in [0.25, 0.3) is 5.91 Å². The van der Waals surface area contributed by atoms with Crippen LogP contribution in [0.2, 0.25) is 0 Å². The molecule has 0 radical (unpaired) electrons. The number of methoxy groups -OCH3 is 1. The van der Waals surface area contributed by atoms with E-state index in [-0.39, 0.29) is 11.7 Å². The highest BCUT2D eigenvalue weighted by molar-refractivity contribution is 7.16. The van der Waals surface area contributed by atoms with Crippen molar-refractivity contribution in [2.75, 3.05) is 43.5 Å². The Balaban J connectivity index is 1.42. The summed E-state index contributed by atoms with van der Waals surface area (Å²) in [7, 11) is 1.61. The number of ether oxygens (including phenoxy) is 1. The van der Waals surface area contributed by atoms with Crippen molar-refractivity contribution in [1.29, 1.82) is 0 Å². The number of amides is 1. The molecular formula is C25H28FN3O2S. The van der Waals surface area contributed by atoms with Gasteiger partial charge in [0, 0.05) is 54.4 Å². The van der Waals surface area contributed by atoms with Crippen LogP contribution in [0.1, 0.15) is 26.4 Å². The molecule has 5 nitrogen and oxygen atoms in total. The van der Waals surface area contributed by atoms with Gasteiger partial charge in [-0.2, -0.15) is 0 Å². The van der Waals surface area contributed by atoms with Crippen LogP contribution in [-0.2, 0) is 6.54 Å². The first-order chi connectivity index (χ1) is 15.4. The van der Waals surface area contributed by atoms with E-state index >= 15 is 0 Å². The molecule has 4 rings (SSSR count). The van der Waals surface area contributed by atoms with Crippen molar-refractivity contribution in [3.8, 4) is 5.75 Å². The fraction of sp³-hybridized carbons (Fsp3) is 0.320. The van der Waals surface area contributed by atoms with E-state index in [0.717, 1.165) is 49.2 Å². The van der Waals surface area contributed by atoms with Gasteiger partial charge in [-0.3, -0.25) is 9.69 Å². The van der Waals surface area contributed by atoms with Crippen molar-refractivity contribution in [3.63, 3.8) is 0 Å². The third-order valence-electron chi connectivity index (χ3n) is 6.04. The third-order valence-corrected chi connectivity index (χ3v) is 7.20.